The lowest BCUT2D eigenvalue weighted by molar-refractivity contribution is -0.140. The van der Waals surface area contributed by atoms with Gasteiger partial charge in [-0.25, -0.2) is 8.78 Å². The number of carbonyl (C=O) groups is 3. The minimum absolute atomic E-state index is 0.00184. The van der Waals surface area contributed by atoms with Gasteiger partial charge < -0.3 is 30.6 Å². The molecule has 0 spiro atoms. The zero-order valence-electron chi connectivity index (χ0n) is 24.8. The first-order chi connectivity index (χ1) is 21.4. The van der Waals surface area contributed by atoms with Crippen molar-refractivity contribution < 1.29 is 37.4 Å². The van der Waals surface area contributed by atoms with Crippen LogP contribution in [0.25, 0.3) is 10.9 Å². The Morgan fingerprint density at radius 3 is 2.16 bits per heavy atom. The Morgan fingerprint density at radius 1 is 0.911 bits per heavy atom. The Bertz CT molecular complexity index is 1860. The van der Waals surface area contributed by atoms with Crippen molar-refractivity contribution in [3.63, 3.8) is 0 Å². The zero-order chi connectivity index (χ0) is 32.6. The Kier molecular flexibility index (Phi) is 8.16. The number of carbonyl (C=O) groups excluding carboxylic acids is 3. The van der Waals surface area contributed by atoms with Crippen LogP contribution in [0, 0.1) is 11.6 Å². The molecule has 0 saturated heterocycles. The van der Waals surface area contributed by atoms with E-state index in [0.717, 1.165) is 18.2 Å². The van der Waals surface area contributed by atoms with Crippen molar-refractivity contribution in [1.82, 2.24) is 9.88 Å². The van der Waals surface area contributed by atoms with E-state index in [0.29, 0.717) is 22.4 Å². The average Bonchev–Trinajstić information content (AvgIpc) is 3.01. The summed E-state index contributed by atoms with van der Waals surface area (Å²) < 4.78 is 46.7. The van der Waals surface area contributed by atoms with Gasteiger partial charge in [0.15, 0.2) is 34.4 Å². The molecule has 0 fully saturated rings. The van der Waals surface area contributed by atoms with Crippen LogP contribution in [0.1, 0.15) is 30.9 Å². The molecule has 2 amide bonds. The van der Waals surface area contributed by atoms with Gasteiger partial charge in [-0.15, -0.1) is 0 Å². The van der Waals surface area contributed by atoms with Gasteiger partial charge in [0.25, 0.3) is 5.91 Å². The van der Waals surface area contributed by atoms with Crippen LogP contribution in [0.2, 0.25) is 0 Å². The molecule has 0 bridgehead atoms. The van der Waals surface area contributed by atoms with Crippen molar-refractivity contribution in [2.45, 2.75) is 31.3 Å². The largest absolute Gasteiger partial charge is 0.493 e. The number of aromatic nitrogens is 1. The van der Waals surface area contributed by atoms with E-state index in [9.17, 15) is 18.8 Å². The maximum Gasteiger partial charge on any atom is 0.253 e. The third-order valence-corrected chi connectivity index (χ3v) is 7.82. The van der Waals surface area contributed by atoms with Gasteiger partial charge in [-0.3, -0.25) is 19.4 Å². The molecule has 4 N–H and O–H groups in total. The molecule has 232 valence electrons. The molecule has 1 aliphatic heterocycles. The van der Waals surface area contributed by atoms with Crippen molar-refractivity contribution in [3.8, 4) is 23.0 Å². The van der Waals surface area contributed by atoms with Crippen LogP contribution >= 0.6 is 0 Å². The SMILES string of the molecule is COc1cc2nccc(Oc3ccc(C4(C(N)=O)C(c5ccc(F)cc5)C(=O)C(C(N)=O)=CN4C(C)C)cc3F)c2cc1OC. The molecule has 4 aromatic rings. The number of rotatable bonds is 9. The van der Waals surface area contributed by atoms with E-state index >= 15 is 4.39 Å². The molecule has 1 aromatic heterocycles. The lowest BCUT2D eigenvalue weighted by atomic mass is 9.67. The monoisotopic (exact) mass is 616 g/mol. The number of pyridine rings is 1. The highest BCUT2D eigenvalue weighted by Crippen LogP contribution is 2.49. The van der Waals surface area contributed by atoms with Crippen molar-refractivity contribution in [2.24, 2.45) is 11.5 Å². The minimum Gasteiger partial charge on any atom is -0.493 e. The number of methoxy groups -OCH3 is 2. The molecule has 2 atom stereocenters. The molecule has 45 heavy (non-hydrogen) atoms. The van der Waals surface area contributed by atoms with Gasteiger partial charge in [0.1, 0.15) is 11.6 Å². The molecule has 3 aromatic carbocycles. The maximum absolute atomic E-state index is 16.0. The predicted octanol–water partition coefficient (Wildman–Crippen LogP) is 4.45. The second-order valence-corrected chi connectivity index (χ2v) is 10.7. The fourth-order valence-electron chi connectivity index (χ4n) is 5.79. The van der Waals surface area contributed by atoms with E-state index in [1.165, 1.54) is 55.8 Å². The van der Waals surface area contributed by atoms with E-state index in [2.05, 4.69) is 4.98 Å². The summed E-state index contributed by atoms with van der Waals surface area (Å²) >= 11 is 0. The first-order valence-electron chi connectivity index (χ1n) is 13.8. The quantitative estimate of drug-likeness (QED) is 0.262. The zero-order valence-corrected chi connectivity index (χ0v) is 24.8. The van der Waals surface area contributed by atoms with E-state index in [1.54, 1.807) is 32.0 Å². The lowest BCUT2D eigenvalue weighted by Gasteiger charge is -2.50. The third-order valence-electron chi connectivity index (χ3n) is 7.82. The molecule has 2 heterocycles. The molecule has 2 unspecified atom stereocenters. The number of fused-ring (bicyclic) bond motifs is 1. The van der Waals surface area contributed by atoms with Gasteiger partial charge in [0, 0.05) is 29.9 Å². The average molecular weight is 617 g/mol. The fraction of sp³-hybridized carbons (Fsp3) is 0.212. The summed E-state index contributed by atoms with van der Waals surface area (Å²) in [5.74, 6) is -4.89. The van der Waals surface area contributed by atoms with E-state index in [-0.39, 0.29) is 28.2 Å². The lowest BCUT2D eigenvalue weighted by Crippen LogP contribution is -2.63. The summed E-state index contributed by atoms with van der Waals surface area (Å²) in [7, 11) is 2.97. The normalized spacial score (nSPS) is 18.1. The van der Waals surface area contributed by atoms with Gasteiger partial charge in [0.05, 0.1) is 31.2 Å². The van der Waals surface area contributed by atoms with Gasteiger partial charge >= 0.3 is 0 Å². The highest BCUT2D eigenvalue weighted by Gasteiger charge is 2.58. The molecular weight excluding hydrogens is 586 g/mol. The molecule has 0 radical (unpaired) electrons. The molecule has 12 heteroatoms. The molecule has 5 rings (SSSR count). The summed E-state index contributed by atoms with van der Waals surface area (Å²) in [6, 6.07) is 12.9. The Hall–Kier alpha value is -5.52. The van der Waals surface area contributed by atoms with Crippen LogP contribution in [-0.4, -0.2) is 47.7 Å². The number of primary amides is 2. The number of hydrogen-bond donors (Lipinski definition) is 2. The minimum atomic E-state index is -2.05. The fourth-order valence-corrected chi connectivity index (χ4v) is 5.79. The summed E-state index contributed by atoms with van der Waals surface area (Å²) in [5, 5.41) is 0.511. The van der Waals surface area contributed by atoms with E-state index in [4.69, 9.17) is 25.7 Å². The van der Waals surface area contributed by atoms with Crippen molar-refractivity contribution in [1.29, 1.82) is 0 Å². The van der Waals surface area contributed by atoms with Crippen molar-refractivity contribution in [2.75, 3.05) is 14.2 Å². The molecular formula is C33H30F2N4O6. The molecule has 0 saturated carbocycles. The maximum atomic E-state index is 16.0. The molecule has 1 aliphatic rings. The Morgan fingerprint density at radius 2 is 1.58 bits per heavy atom. The highest BCUT2D eigenvalue weighted by molar-refractivity contribution is 6.23. The number of ketones is 1. The summed E-state index contributed by atoms with van der Waals surface area (Å²) in [6.45, 7) is 3.41. The topological polar surface area (TPSA) is 147 Å². The van der Waals surface area contributed by atoms with Crippen molar-refractivity contribution >= 4 is 28.5 Å². The predicted molar refractivity (Wildman–Crippen MR) is 161 cm³/mol. The van der Waals surface area contributed by atoms with E-state index in [1.807, 2.05) is 0 Å². The number of nitrogens with two attached hydrogens (primary N) is 2. The second kappa shape index (κ2) is 11.9. The van der Waals surface area contributed by atoms with Crippen molar-refractivity contribution in [3.05, 3.63) is 101 Å². The van der Waals surface area contributed by atoms with Crippen LogP contribution in [0.4, 0.5) is 8.78 Å². The first kappa shape index (κ1) is 30.9. The van der Waals surface area contributed by atoms with Gasteiger partial charge in [-0.1, -0.05) is 18.2 Å². The number of Topliss-reactive ketones (excluding diaryl/α,β-unsaturated/α-hetero) is 1. The first-order valence-corrected chi connectivity index (χ1v) is 13.8. The Labute approximate surface area is 257 Å². The summed E-state index contributed by atoms with van der Waals surface area (Å²) in [5.41, 5.74) is 9.89. The van der Waals surface area contributed by atoms with Gasteiger partial charge in [-0.2, -0.15) is 0 Å². The van der Waals surface area contributed by atoms with Crippen LogP contribution < -0.4 is 25.7 Å². The number of benzene rings is 3. The number of amides is 2. The third kappa shape index (κ3) is 5.17. The number of ether oxygens (including phenoxy) is 3. The van der Waals surface area contributed by atoms with Gasteiger partial charge in [0.2, 0.25) is 5.91 Å². The summed E-state index contributed by atoms with van der Waals surface area (Å²) in [6.07, 6.45) is 2.66. The van der Waals surface area contributed by atoms with Crippen LogP contribution in [0.15, 0.2) is 78.6 Å². The van der Waals surface area contributed by atoms with Crippen LogP contribution in [0.3, 0.4) is 0 Å². The van der Waals surface area contributed by atoms with E-state index < -0.39 is 46.7 Å². The number of hydrogen-bond acceptors (Lipinski definition) is 8. The smallest absolute Gasteiger partial charge is 0.253 e. The van der Waals surface area contributed by atoms with Crippen LogP contribution in [0.5, 0.6) is 23.0 Å². The van der Waals surface area contributed by atoms with Gasteiger partial charge in [-0.05, 0) is 61.4 Å². The molecule has 10 nitrogen and oxygen atoms in total. The molecule has 0 aliphatic carbocycles. The highest BCUT2D eigenvalue weighted by atomic mass is 19.1. The second-order valence-electron chi connectivity index (χ2n) is 10.7. The standard InChI is InChI=1S/C33H30F2N4O6/c1-17(2)39-16-22(31(36)41)30(40)29(18-5-8-20(34)9-6-18)33(39,32(37)42)19-7-10-26(23(35)13-19)45-25-11-12-38-24-15-28(44-4)27(43-3)14-21(24)25/h5-17,29H,1-4H3,(H2,36,41)(H2,37,42). The summed E-state index contributed by atoms with van der Waals surface area (Å²) in [4.78, 5) is 45.6. The van der Waals surface area contributed by atoms with Crippen LogP contribution in [-0.2, 0) is 19.9 Å². The number of nitrogens with zero attached hydrogens (tertiary/aromatic N) is 2. The Balaban J connectivity index is 1.68. The number of halogens is 2.